The van der Waals surface area contributed by atoms with Gasteiger partial charge in [0, 0.05) is 0 Å². The summed E-state index contributed by atoms with van der Waals surface area (Å²) < 4.78 is 9.63. The van der Waals surface area contributed by atoms with Gasteiger partial charge in [-0.25, -0.2) is 4.79 Å². The number of hydrogen-bond acceptors (Lipinski definition) is 5. The first-order valence-corrected chi connectivity index (χ1v) is 6.71. The molecule has 0 aliphatic heterocycles. The molecule has 0 saturated carbocycles. The fraction of sp³-hybridized carbons (Fsp3) is 0.312. The van der Waals surface area contributed by atoms with Crippen molar-refractivity contribution < 1.29 is 23.9 Å². The van der Waals surface area contributed by atoms with Gasteiger partial charge >= 0.3 is 11.9 Å². The fourth-order valence-electron chi connectivity index (χ4n) is 1.63. The number of hydrogen-bond donors (Lipinski definition) is 0. The van der Waals surface area contributed by atoms with Crippen molar-refractivity contribution in [2.45, 2.75) is 20.3 Å². The van der Waals surface area contributed by atoms with E-state index in [4.69, 9.17) is 9.47 Å². The van der Waals surface area contributed by atoms with E-state index in [1.807, 2.05) is 0 Å². The number of carbonyl (C=O) groups is 3. The van der Waals surface area contributed by atoms with Gasteiger partial charge in [-0.3, -0.25) is 9.59 Å². The highest BCUT2D eigenvalue weighted by Gasteiger charge is 2.11. The van der Waals surface area contributed by atoms with Crippen LogP contribution in [0.1, 0.15) is 36.2 Å². The number of rotatable bonds is 7. The van der Waals surface area contributed by atoms with Crippen LogP contribution in [0.25, 0.3) is 6.08 Å². The van der Waals surface area contributed by atoms with E-state index in [1.165, 1.54) is 12.2 Å². The van der Waals surface area contributed by atoms with E-state index < -0.39 is 11.9 Å². The molecule has 0 amide bonds. The van der Waals surface area contributed by atoms with Crippen LogP contribution in [0.5, 0.6) is 0 Å². The van der Waals surface area contributed by atoms with Gasteiger partial charge < -0.3 is 9.47 Å². The highest BCUT2D eigenvalue weighted by molar-refractivity contribution is 6.04. The minimum absolute atomic E-state index is 0.238. The lowest BCUT2D eigenvalue weighted by Crippen LogP contribution is -2.09. The summed E-state index contributed by atoms with van der Waals surface area (Å²) >= 11 is 0. The molecule has 0 aromatic heterocycles. The number of ketones is 1. The van der Waals surface area contributed by atoms with Crippen molar-refractivity contribution in [2.24, 2.45) is 0 Å². The standard InChI is InChI=1S/C16H18O5/c1-3-20-15(18)11-13(17)10-9-12-7-5-6-8-14(12)16(19)21-4-2/h5-10H,3-4,11H2,1-2H3. The van der Waals surface area contributed by atoms with Gasteiger partial charge in [0.15, 0.2) is 5.78 Å². The lowest BCUT2D eigenvalue weighted by Gasteiger charge is -2.05. The Balaban J connectivity index is 2.78. The lowest BCUT2D eigenvalue weighted by atomic mass is 10.1. The van der Waals surface area contributed by atoms with Gasteiger partial charge in [-0.1, -0.05) is 24.3 Å². The van der Waals surface area contributed by atoms with Crippen molar-refractivity contribution in [3.63, 3.8) is 0 Å². The monoisotopic (exact) mass is 290 g/mol. The van der Waals surface area contributed by atoms with Crippen LogP contribution in [0.2, 0.25) is 0 Å². The molecular weight excluding hydrogens is 272 g/mol. The van der Waals surface area contributed by atoms with Gasteiger partial charge in [0.2, 0.25) is 0 Å². The van der Waals surface area contributed by atoms with Crippen molar-refractivity contribution in [3.8, 4) is 0 Å². The Hall–Kier alpha value is -2.43. The van der Waals surface area contributed by atoms with E-state index in [-0.39, 0.29) is 25.4 Å². The average molecular weight is 290 g/mol. The number of benzene rings is 1. The van der Waals surface area contributed by atoms with E-state index in [2.05, 4.69) is 0 Å². The zero-order valence-corrected chi connectivity index (χ0v) is 12.1. The first kappa shape index (κ1) is 16.6. The Morgan fingerprint density at radius 2 is 1.71 bits per heavy atom. The molecule has 0 fully saturated rings. The van der Waals surface area contributed by atoms with Crippen LogP contribution in [0.4, 0.5) is 0 Å². The quantitative estimate of drug-likeness (QED) is 0.438. The van der Waals surface area contributed by atoms with Crippen LogP contribution in [0.15, 0.2) is 30.3 Å². The van der Waals surface area contributed by atoms with E-state index >= 15 is 0 Å². The Kier molecular flexibility index (Phi) is 6.87. The molecule has 5 heteroatoms. The second kappa shape index (κ2) is 8.68. The summed E-state index contributed by atoms with van der Waals surface area (Å²) in [5.41, 5.74) is 0.938. The highest BCUT2D eigenvalue weighted by atomic mass is 16.5. The van der Waals surface area contributed by atoms with E-state index in [9.17, 15) is 14.4 Å². The second-order valence-corrected chi connectivity index (χ2v) is 4.09. The molecule has 0 spiro atoms. The van der Waals surface area contributed by atoms with Crippen molar-refractivity contribution in [2.75, 3.05) is 13.2 Å². The minimum atomic E-state index is -0.564. The molecule has 0 aliphatic carbocycles. The van der Waals surface area contributed by atoms with E-state index in [0.717, 1.165) is 0 Å². The van der Waals surface area contributed by atoms with Gasteiger partial charge in [-0.15, -0.1) is 0 Å². The summed E-state index contributed by atoms with van der Waals surface area (Å²) in [5.74, 6) is -1.39. The highest BCUT2D eigenvalue weighted by Crippen LogP contribution is 2.12. The summed E-state index contributed by atoms with van der Waals surface area (Å²) in [6.07, 6.45) is 2.44. The van der Waals surface area contributed by atoms with E-state index in [1.54, 1.807) is 38.1 Å². The zero-order valence-electron chi connectivity index (χ0n) is 12.1. The Bertz CT molecular complexity index is 545. The molecule has 0 N–H and O–H groups in total. The first-order valence-electron chi connectivity index (χ1n) is 6.71. The molecular formula is C16H18O5. The van der Waals surface area contributed by atoms with Gasteiger partial charge in [0.25, 0.3) is 0 Å². The topological polar surface area (TPSA) is 69.7 Å². The molecule has 0 atom stereocenters. The largest absolute Gasteiger partial charge is 0.466 e. The number of ether oxygens (including phenoxy) is 2. The maximum Gasteiger partial charge on any atom is 0.338 e. The van der Waals surface area contributed by atoms with Crippen molar-refractivity contribution in [3.05, 3.63) is 41.5 Å². The predicted molar refractivity (Wildman–Crippen MR) is 77.7 cm³/mol. The maximum absolute atomic E-state index is 11.8. The fourth-order valence-corrected chi connectivity index (χ4v) is 1.63. The molecule has 1 aromatic carbocycles. The summed E-state index contributed by atoms with van der Waals surface area (Å²) in [4.78, 5) is 34.5. The molecule has 0 heterocycles. The van der Waals surface area contributed by atoms with Gasteiger partial charge in [-0.2, -0.15) is 0 Å². The normalized spacial score (nSPS) is 10.4. The van der Waals surface area contributed by atoms with Crippen LogP contribution in [0.3, 0.4) is 0 Å². The number of esters is 2. The van der Waals surface area contributed by atoms with Gasteiger partial charge in [0.1, 0.15) is 6.42 Å². The summed E-state index contributed by atoms with van der Waals surface area (Å²) in [5, 5.41) is 0. The Morgan fingerprint density at radius 3 is 2.38 bits per heavy atom. The third-order valence-corrected chi connectivity index (χ3v) is 2.53. The summed E-state index contributed by atoms with van der Waals surface area (Å²) in [7, 11) is 0. The van der Waals surface area contributed by atoms with Crippen LogP contribution in [-0.4, -0.2) is 30.9 Å². The van der Waals surface area contributed by atoms with E-state index in [0.29, 0.717) is 11.1 Å². The van der Waals surface area contributed by atoms with Crippen LogP contribution >= 0.6 is 0 Å². The van der Waals surface area contributed by atoms with Crippen LogP contribution < -0.4 is 0 Å². The lowest BCUT2D eigenvalue weighted by molar-refractivity contribution is -0.144. The SMILES string of the molecule is CCOC(=O)CC(=O)C=Cc1ccccc1C(=O)OCC. The molecule has 0 unspecified atom stereocenters. The third kappa shape index (κ3) is 5.60. The predicted octanol–water partition coefficient (Wildman–Crippen LogP) is 2.40. The number of allylic oxidation sites excluding steroid dienone is 1. The van der Waals surface area contributed by atoms with Crippen molar-refractivity contribution in [1.29, 1.82) is 0 Å². The molecule has 1 rings (SSSR count). The Labute approximate surface area is 123 Å². The average Bonchev–Trinajstić information content (AvgIpc) is 2.46. The molecule has 21 heavy (non-hydrogen) atoms. The maximum atomic E-state index is 11.8. The minimum Gasteiger partial charge on any atom is -0.466 e. The first-order chi connectivity index (χ1) is 10.1. The summed E-state index contributed by atoms with van der Waals surface area (Å²) in [6, 6.07) is 6.77. The molecule has 112 valence electrons. The van der Waals surface area contributed by atoms with Gasteiger partial charge in [-0.05, 0) is 31.6 Å². The molecule has 0 bridgehead atoms. The number of carbonyl (C=O) groups excluding carboxylic acids is 3. The van der Waals surface area contributed by atoms with Crippen LogP contribution in [-0.2, 0) is 19.1 Å². The smallest absolute Gasteiger partial charge is 0.338 e. The zero-order chi connectivity index (χ0) is 15.7. The van der Waals surface area contributed by atoms with Crippen LogP contribution in [0, 0.1) is 0 Å². The molecule has 1 aromatic rings. The molecule has 5 nitrogen and oxygen atoms in total. The third-order valence-electron chi connectivity index (χ3n) is 2.53. The molecule has 0 aliphatic rings. The molecule has 0 saturated heterocycles. The van der Waals surface area contributed by atoms with Crippen molar-refractivity contribution >= 4 is 23.8 Å². The second-order valence-electron chi connectivity index (χ2n) is 4.09. The van der Waals surface area contributed by atoms with Gasteiger partial charge in [0.05, 0.1) is 18.8 Å². The Morgan fingerprint density at radius 1 is 1.05 bits per heavy atom. The summed E-state index contributed by atoms with van der Waals surface area (Å²) in [6.45, 7) is 3.91. The molecule has 0 radical (unpaired) electrons. The van der Waals surface area contributed by atoms with Crippen molar-refractivity contribution in [1.82, 2.24) is 0 Å².